The summed E-state index contributed by atoms with van der Waals surface area (Å²) >= 11 is 7.07. The first-order chi connectivity index (χ1) is 10.1. The number of rotatable bonds is 4. The third-order valence-corrected chi connectivity index (χ3v) is 4.47. The molecule has 5 atom stereocenters. The van der Waals surface area contributed by atoms with Gasteiger partial charge in [-0.05, 0) is 23.7 Å². The van der Waals surface area contributed by atoms with Crippen molar-refractivity contribution in [1.82, 2.24) is 0 Å². The van der Waals surface area contributed by atoms with Crippen molar-refractivity contribution in [2.24, 2.45) is 5.11 Å². The average Bonchev–Trinajstić information content (AvgIpc) is 2.46. The van der Waals surface area contributed by atoms with Crippen LogP contribution in [0.1, 0.15) is 0 Å². The van der Waals surface area contributed by atoms with Crippen LogP contribution in [0.4, 0.5) is 0 Å². The highest BCUT2D eigenvalue weighted by Gasteiger charge is 2.44. The van der Waals surface area contributed by atoms with Gasteiger partial charge < -0.3 is 20.1 Å². The fraction of sp³-hybridized carbons (Fsp3) is 0.500. The van der Waals surface area contributed by atoms with E-state index in [4.69, 9.17) is 21.9 Å². The molecule has 0 radical (unpaired) electrons. The lowest BCUT2D eigenvalue weighted by Crippen LogP contribution is -2.56. The normalized spacial score (nSPS) is 32.5. The van der Waals surface area contributed by atoms with E-state index in [2.05, 4.69) is 10.0 Å². The molecule has 1 saturated heterocycles. The first-order valence-corrected chi connectivity index (χ1v) is 7.41. The van der Waals surface area contributed by atoms with Crippen molar-refractivity contribution in [1.29, 1.82) is 0 Å². The van der Waals surface area contributed by atoms with Crippen molar-refractivity contribution >= 4 is 23.4 Å². The van der Waals surface area contributed by atoms with Gasteiger partial charge in [-0.3, -0.25) is 0 Å². The topological polar surface area (TPSA) is 119 Å². The highest BCUT2D eigenvalue weighted by atomic mass is 35.5. The van der Waals surface area contributed by atoms with Gasteiger partial charge in [-0.1, -0.05) is 34.5 Å². The smallest absolute Gasteiger partial charge is 0.134 e. The predicted molar refractivity (Wildman–Crippen MR) is 78.0 cm³/mol. The summed E-state index contributed by atoms with van der Waals surface area (Å²) in [6.45, 7) is -0.446. The van der Waals surface area contributed by atoms with Crippen molar-refractivity contribution in [3.63, 3.8) is 0 Å². The fourth-order valence-electron chi connectivity index (χ4n) is 2.04. The zero-order valence-electron chi connectivity index (χ0n) is 10.8. The maximum atomic E-state index is 10.2. The van der Waals surface area contributed by atoms with E-state index >= 15 is 0 Å². The molecular formula is C12H14ClN3O4S. The Bertz CT molecular complexity index is 543. The van der Waals surface area contributed by atoms with E-state index in [-0.39, 0.29) is 0 Å². The second-order valence-corrected chi connectivity index (χ2v) is 6.09. The summed E-state index contributed by atoms with van der Waals surface area (Å²) in [6, 6.07) is 5.87. The molecule has 0 aromatic heterocycles. The summed E-state index contributed by atoms with van der Waals surface area (Å²) < 4.78 is 5.47. The zero-order chi connectivity index (χ0) is 15.4. The Hall–Kier alpha value is -0.990. The lowest BCUT2D eigenvalue weighted by Gasteiger charge is -2.40. The van der Waals surface area contributed by atoms with Gasteiger partial charge >= 0.3 is 0 Å². The number of nitrogens with zero attached hydrogens (tertiary/aromatic N) is 3. The van der Waals surface area contributed by atoms with Gasteiger partial charge in [0.25, 0.3) is 0 Å². The third kappa shape index (κ3) is 3.81. The molecule has 0 unspecified atom stereocenters. The molecule has 1 aliphatic rings. The second kappa shape index (κ2) is 7.33. The predicted octanol–water partition coefficient (Wildman–Crippen LogP) is 1.55. The molecule has 7 nitrogen and oxygen atoms in total. The Labute approximate surface area is 130 Å². The van der Waals surface area contributed by atoms with Crippen molar-refractivity contribution in [2.45, 2.75) is 34.7 Å². The number of ether oxygens (including phenoxy) is 1. The SMILES string of the molecule is [N-]=[N+]=N[C@@H]1[C@@H](O)[C@@H](Sc2cccc(Cl)c2)O[C@H](CO)[C@@H]1O. The van der Waals surface area contributed by atoms with Crippen molar-refractivity contribution in [3.05, 3.63) is 39.7 Å². The van der Waals surface area contributed by atoms with Crippen molar-refractivity contribution < 1.29 is 20.1 Å². The van der Waals surface area contributed by atoms with Gasteiger partial charge in [-0.2, -0.15) is 0 Å². The number of hydrogen-bond donors (Lipinski definition) is 3. The number of benzene rings is 1. The van der Waals surface area contributed by atoms with Gasteiger partial charge in [0.15, 0.2) is 0 Å². The van der Waals surface area contributed by atoms with Gasteiger partial charge in [0.2, 0.25) is 0 Å². The molecule has 9 heteroatoms. The largest absolute Gasteiger partial charge is 0.394 e. The molecule has 1 aliphatic heterocycles. The second-order valence-electron chi connectivity index (χ2n) is 4.48. The minimum absolute atomic E-state index is 0.446. The van der Waals surface area contributed by atoms with Crippen LogP contribution in [0.2, 0.25) is 5.02 Å². The standard InChI is InChI=1S/C12H14ClN3O4S/c13-6-2-1-3-7(4-6)21-12-11(19)9(15-16-14)10(18)8(5-17)20-12/h1-4,8-12,17-19H,5H2/t8-,9+,10+,11-,12-/m1/s1. The average molecular weight is 332 g/mol. The molecule has 1 aromatic rings. The Balaban J connectivity index is 2.19. The number of aliphatic hydroxyl groups excluding tert-OH is 3. The maximum absolute atomic E-state index is 10.2. The molecule has 1 heterocycles. The molecule has 0 saturated carbocycles. The fourth-order valence-corrected chi connectivity index (χ4v) is 3.41. The Morgan fingerprint density at radius 2 is 2.14 bits per heavy atom. The summed E-state index contributed by atoms with van der Waals surface area (Å²) in [6.07, 6.45) is -3.40. The van der Waals surface area contributed by atoms with E-state index in [1.807, 2.05) is 0 Å². The van der Waals surface area contributed by atoms with Crippen LogP contribution >= 0.6 is 23.4 Å². The van der Waals surface area contributed by atoms with Gasteiger partial charge in [-0.15, -0.1) is 0 Å². The van der Waals surface area contributed by atoms with Crippen LogP contribution in [0.3, 0.4) is 0 Å². The summed E-state index contributed by atoms with van der Waals surface area (Å²) in [5, 5.41) is 33.3. The van der Waals surface area contributed by atoms with Crippen LogP contribution in [0.5, 0.6) is 0 Å². The number of hydrogen-bond acceptors (Lipinski definition) is 6. The molecule has 0 aliphatic carbocycles. The first-order valence-electron chi connectivity index (χ1n) is 6.15. The van der Waals surface area contributed by atoms with Crippen LogP contribution in [-0.4, -0.2) is 51.7 Å². The minimum atomic E-state index is -1.27. The maximum Gasteiger partial charge on any atom is 0.134 e. The summed E-state index contributed by atoms with van der Waals surface area (Å²) in [4.78, 5) is 3.37. The molecule has 0 spiro atoms. The molecule has 3 N–H and O–H groups in total. The van der Waals surface area contributed by atoms with Crippen molar-refractivity contribution in [2.75, 3.05) is 6.61 Å². The Kier molecular flexibility index (Phi) is 5.72. The van der Waals surface area contributed by atoms with Crippen LogP contribution in [0.15, 0.2) is 34.3 Å². The van der Waals surface area contributed by atoms with E-state index in [1.165, 1.54) is 11.8 Å². The molecule has 0 bridgehead atoms. The first kappa shape index (κ1) is 16.4. The van der Waals surface area contributed by atoms with Gasteiger partial charge in [-0.25, -0.2) is 0 Å². The Morgan fingerprint density at radius 3 is 2.76 bits per heavy atom. The van der Waals surface area contributed by atoms with Crippen LogP contribution in [0, 0.1) is 0 Å². The van der Waals surface area contributed by atoms with Gasteiger partial charge in [0, 0.05) is 14.8 Å². The van der Waals surface area contributed by atoms with Gasteiger partial charge in [0.05, 0.1) is 18.8 Å². The van der Waals surface area contributed by atoms with Crippen LogP contribution in [-0.2, 0) is 4.74 Å². The van der Waals surface area contributed by atoms with Crippen LogP contribution < -0.4 is 0 Å². The van der Waals surface area contributed by atoms with E-state index < -0.39 is 36.4 Å². The molecular weight excluding hydrogens is 318 g/mol. The quantitative estimate of drug-likeness (QED) is 0.439. The molecule has 1 aromatic carbocycles. The lowest BCUT2D eigenvalue weighted by atomic mass is 9.98. The van der Waals surface area contributed by atoms with E-state index in [1.54, 1.807) is 24.3 Å². The number of aliphatic hydroxyl groups is 3. The minimum Gasteiger partial charge on any atom is -0.394 e. The molecule has 1 fully saturated rings. The highest BCUT2D eigenvalue weighted by Crippen LogP contribution is 2.35. The number of halogens is 1. The summed E-state index contributed by atoms with van der Waals surface area (Å²) in [5.74, 6) is 0. The van der Waals surface area contributed by atoms with E-state index in [0.717, 1.165) is 4.90 Å². The van der Waals surface area contributed by atoms with Crippen LogP contribution in [0.25, 0.3) is 10.4 Å². The molecule has 21 heavy (non-hydrogen) atoms. The molecule has 114 valence electrons. The van der Waals surface area contributed by atoms with E-state index in [9.17, 15) is 15.3 Å². The summed E-state index contributed by atoms with van der Waals surface area (Å²) in [5.41, 5.74) is 7.74. The Morgan fingerprint density at radius 1 is 1.38 bits per heavy atom. The molecule has 0 amide bonds. The van der Waals surface area contributed by atoms with E-state index in [0.29, 0.717) is 5.02 Å². The number of thioether (sulfide) groups is 1. The van der Waals surface area contributed by atoms with Gasteiger partial charge in [0.1, 0.15) is 17.6 Å². The molecule has 2 rings (SSSR count). The monoisotopic (exact) mass is 331 g/mol. The van der Waals surface area contributed by atoms with Crippen molar-refractivity contribution in [3.8, 4) is 0 Å². The summed E-state index contributed by atoms with van der Waals surface area (Å²) in [7, 11) is 0. The number of azide groups is 1. The lowest BCUT2D eigenvalue weighted by molar-refractivity contribution is -0.159. The highest BCUT2D eigenvalue weighted by molar-refractivity contribution is 7.99. The third-order valence-electron chi connectivity index (χ3n) is 3.08. The zero-order valence-corrected chi connectivity index (χ0v) is 12.4.